The molecular weight excluding hydrogens is 280 g/mol. The lowest BCUT2D eigenvalue weighted by molar-refractivity contribution is -0.129. The summed E-state index contributed by atoms with van der Waals surface area (Å²) in [5, 5.41) is 0.199. The van der Waals surface area contributed by atoms with Crippen molar-refractivity contribution < 1.29 is 4.79 Å². The van der Waals surface area contributed by atoms with Gasteiger partial charge in [-0.05, 0) is 18.0 Å². The van der Waals surface area contributed by atoms with Gasteiger partial charge in [-0.1, -0.05) is 0 Å². The fourth-order valence-corrected chi connectivity index (χ4v) is 3.24. The molecule has 1 amide bonds. The van der Waals surface area contributed by atoms with E-state index in [1.165, 1.54) is 0 Å². The summed E-state index contributed by atoms with van der Waals surface area (Å²) in [7, 11) is 0. The third-order valence-corrected chi connectivity index (χ3v) is 4.20. The number of H-pyrrole nitrogens is 1. The number of nitrogens with one attached hydrogen (secondary N) is 1. The molecule has 0 radical (unpaired) electrons. The van der Waals surface area contributed by atoms with Gasteiger partial charge in [0.25, 0.3) is 0 Å². The minimum atomic E-state index is 0.199. The molecule has 0 bridgehead atoms. The molecule has 7 nitrogen and oxygen atoms in total. The molecule has 0 aromatic carbocycles. The number of imidazole rings is 1. The first-order chi connectivity index (χ1) is 9.72. The van der Waals surface area contributed by atoms with E-state index in [2.05, 4.69) is 24.8 Å². The molecule has 1 unspecified atom stereocenters. The number of aromatic amines is 1. The van der Waals surface area contributed by atoms with Gasteiger partial charge in [0.05, 0.1) is 6.33 Å². The minimum Gasteiger partial charge on any atom is -0.351 e. The van der Waals surface area contributed by atoms with E-state index in [0.29, 0.717) is 12.1 Å². The molecular formula is C12H13ClN6O. The fourth-order valence-electron chi connectivity index (χ4n) is 3.08. The van der Waals surface area contributed by atoms with Gasteiger partial charge in [0.15, 0.2) is 11.5 Å². The molecule has 2 aromatic rings. The number of piperazine rings is 1. The Morgan fingerprint density at radius 1 is 1.35 bits per heavy atom. The number of hydrogen-bond donors (Lipinski definition) is 1. The van der Waals surface area contributed by atoms with Crippen molar-refractivity contribution in [1.29, 1.82) is 0 Å². The van der Waals surface area contributed by atoms with Crippen LogP contribution in [0.2, 0.25) is 5.28 Å². The number of carbonyl (C=O) groups excluding carboxylic acids is 1. The zero-order valence-corrected chi connectivity index (χ0v) is 11.5. The Bertz CT molecular complexity index is 686. The molecule has 1 atom stereocenters. The van der Waals surface area contributed by atoms with E-state index >= 15 is 0 Å². The summed E-state index contributed by atoms with van der Waals surface area (Å²) in [5.74, 6) is 1.04. The highest BCUT2D eigenvalue weighted by Crippen LogP contribution is 2.28. The number of aromatic nitrogens is 4. The number of rotatable bonds is 1. The molecule has 4 rings (SSSR count). The Hall–Kier alpha value is -1.89. The first-order valence-electron chi connectivity index (χ1n) is 6.63. The molecule has 2 saturated heterocycles. The minimum absolute atomic E-state index is 0.199. The third-order valence-electron chi connectivity index (χ3n) is 4.03. The molecule has 20 heavy (non-hydrogen) atoms. The van der Waals surface area contributed by atoms with Crippen LogP contribution in [0.25, 0.3) is 11.2 Å². The van der Waals surface area contributed by atoms with Crippen molar-refractivity contribution in [2.75, 3.05) is 24.5 Å². The molecule has 8 heteroatoms. The van der Waals surface area contributed by atoms with Crippen molar-refractivity contribution in [3.05, 3.63) is 11.6 Å². The Balaban J connectivity index is 1.70. The quantitative estimate of drug-likeness (QED) is 0.787. The average molecular weight is 293 g/mol. The lowest BCUT2D eigenvalue weighted by Gasteiger charge is -2.38. The van der Waals surface area contributed by atoms with Crippen molar-refractivity contribution in [3.8, 4) is 0 Å². The molecule has 0 spiro atoms. The van der Waals surface area contributed by atoms with Crippen molar-refractivity contribution >= 4 is 34.5 Å². The number of halogens is 1. The van der Waals surface area contributed by atoms with Gasteiger partial charge in [0, 0.05) is 32.1 Å². The summed E-state index contributed by atoms with van der Waals surface area (Å²) in [6.45, 7) is 2.28. The summed E-state index contributed by atoms with van der Waals surface area (Å²) < 4.78 is 0. The predicted octanol–water partition coefficient (Wildman–Crippen LogP) is 0.817. The second-order valence-corrected chi connectivity index (χ2v) is 5.48. The molecule has 2 aliphatic rings. The van der Waals surface area contributed by atoms with Crippen LogP contribution in [0.1, 0.15) is 12.8 Å². The summed E-state index contributed by atoms with van der Waals surface area (Å²) in [6.07, 6.45) is 3.16. The van der Waals surface area contributed by atoms with Crippen LogP contribution in [0.15, 0.2) is 6.33 Å². The first kappa shape index (κ1) is 11.9. The molecule has 104 valence electrons. The maximum absolute atomic E-state index is 11.7. The van der Waals surface area contributed by atoms with E-state index in [-0.39, 0.29) is 17.2 Å². The highest BCUT2D eigenvalue weighted by molar-refractivity contribution is 6.28. The molecule has 0 saturated carbocycles. The van der Waals surface area contributed by atoms with E-state index in [9.17, 15) is 4.79 Å². The third kappa shape index (κ3) is 1.73. The lowest BCUT2D eigenvalue weighted by atomic mass is 10.1. The Kier molecular flexibility index (Phi) is 2.56. The van der Waals surface area contributed by atoms with Crippen LogP contribution in [-0.2, 0) is 4.79 Å². The van der Waals surface area contributed by atoms with Crippen molar-refractivity contribution in [2.45, 2.75) is 18.9 Å². The van der Waals surface area contributed by atoms with Gasteiger partial charge in [-0.3, -0.25) is 4.79 Å². The van der Waals surface area contributed by atoms with Gasteiger partial charge in [0.1, 0.15) is 5.52 Å². The number of fused-ring (bicyclic) bond motifs is 2. The van der Waals surface area contributed by atoms with Crippen molar-refractivity contribution in [2.24, 2.45) is 0 Å². The summed E-state index contributed by atoms with van der Waals surface area (Å²) in [6, 6.07) is 0.281. The Morgan fingerprint density at radius 2 is 2.25 bits per heavy atom. The highest BCUT2D eigenvalue weighted by atomic mass is 35.5. The van der Waals surface area contributed by atoms with E-state index < -0.39 is 0 Å². The number of nitrogens with zero attached hydrogens (tertiary/aromatic N) is 5. The van der Waals surface area contributed by atoms with Crippen LogP contribution in [0, 0.1) is 0 Å². The van der Waals surface area contributed by atoms with Gasteiger partial charge in [-0.25, -0.2) is 4.98 Å². The van der Waals surface area contributed by atoms with Gasteiger partial charge in [-0.2, -0.15) is 9.97 Å². The average Bonchev–Trinajstić information content (AvgIpc) is 3.04. The topological polar surface area (TPSA) is 78.0 Å². The zero-order chi connectivity index (χ0) is 13.7. The fraction of sp³-hybridized carbons (Fsp3) is 0.500. The standard InChI is InChI=1S/C12H13ClN6O/c13-12-16-10-9(14-6-15-10)11(17-12)18-3-4-19-7(5-18)1-2-8(19)20/h6-7H,1-5H2,(H,14,15,16,17). The van der Waals surface area contributed by atoms with Crippen LogP contribution in [-0.4, -0.2) is 56.4 Å². The molecule has 0 aliphatic carbocycles. The van der Waals surface area contributed by atoms with E-state index in [1.54, 1.807) is 6.33 Å². The molecule has 2 fully saturated rings. The SMILES string of the molecule is O=C1CCC2CN(c3nc(Cl)nc4nc[nH]c34)CCN12. The Labute approximate surface area is 120 Å². The summed E-state index contributed by atoms with van der Waals surface area (Å²) >= 11 is 5.97. The van der Waals surface area contributed by atoms with Crippen molar-refractivity contribution in [3.63, 3.8) is 0 Å². The smallest absolute Gasteiger partial charge is 0.226 e. The zero-order valence-electron chi connectivity index (χ0n) is 10.7. The number of carbonyl (C=O) groups is 1. The van der Waals surface area contributed by atoms with Crippen LogP contribution in [0.5, 0.6) is 0 Å². The second-order valence-electron chi connectivity index (χ2n) is 5.14. The predicted molar refractivity (Wildman–Crippen MR) is 73.6 cm³/mol. The van der Waals surface area contributed by atoms with Crippen LogP contribution >= 0.6 is 11.6 Å². The normalized spacial score (nSPS) is 22.6. The number of hydrogen-bond acceptors (Lipinski definition) is 5. The van der Waals surface area contributed by atoms with E-state index in [0.717, 1.165) is 37.4 Å². The molecule has 4 heterocycles. The largest absolute Gasteiger partial charge is 0.351 e. The van der Waals surface area contributed by atoms with Crippen molar-refractivity contribution in [1.82, 2.24) is 24.8 Å². The van der Waals surface area contributed by atoms with Gasteiger partial charge < -0.3 is 14.8 Å². The summed E-state index contributed by atoms with van der Waals surface area (Å²) in [5.41, 5.74) is 1.37. The maximum Gasteiger partial charge on any atom is 0.226 e. The molecule has 2 aromatic heterocycles. The number of anilines is 1. The summed E-state index contributed by atoms with van der Waals surface area (Å²) in [4.78, 5) is 31.5. The monoisotopic (exact) mass is 292 g/mol. The Morgan fingerprint density at radius 3 is 3.15 bits per heavy atom. The second kappa shape index (κ2) is 4.31. The van der Waals surface area contributed by atoms with Crippen LogP contribution in [0.4, 0.5) is 5.82 Å². The van der Waals surface area contributed by atoms with Crippen LogP contribution in [0.3, 0.4) is 0 Å². The number of amides is 1. The first-order valence-corrected chi connectivity index (χ1v) is 7.01. The highest BCUT2D eigenvalue weighted by Gasteiger charge is 2.36. The molecule has 1 N–H and O–H groups in total. The lowest BCUT2D eigenvalue weighted by Crippen LogP contribution is -2.51. The van der Waals surface area contributed by atoms with E-state index in [1.807, 2.05) is 4.90 Å². The molecule has 2 aliphatic heterocycles. The van der Waals surface area contributed by atoms with E-state index in [4.69, 9.17) is 11.6 Å². The van der Waals surface area contributed by atoms with Gasteiger partial charge >= 0.3 is 0 Å². The maximum atomic E-state index is 11.7. The van der Waals surface area contributed by atoms with Gasteiger partial charge in [-0.15, -0.1) is 0 Å². The van der Waals surface area contributed by atoms with Crippen LogP contribution < -0.4 is 4.90 Å². The van der Waals surface area contributed by atoms with Gasteiger partial charge in [0.2, 0.25) is 11.2 Å².